The fourth-order valence-corrected chi connectivity index (χ4v) is 1.36. The lowest BCUT2D eigenvalue weighted by Gasteiger charge is -2.10. The molecule has 0 aromatic carbocycles. The van der Waals surface area contributed by atoms with E-state index >= 15 is 0 Å². The van der Waals surface area contributed by atoms with E-state index in [2.05, 4.69) is 9.72 Å². The second kappa shape index (κ2) is 5.07. The van der Waals surface area contributed by atoms with Crippen molar-refractivity contribution >= 4 is 17.6 Å². The van der Waals surface area contributed by atoms with Crippen LogP contribution < -0.4 is 4.74 Å². The number of carboxylic acids is 1. The molecule has 0 amide bonds. The summed E-state index contributed by atoms with van der Waals surface area (Å²) in [7, 11) is 1.17. The van der Waals surface area contributed by atoms with Crippen LogP contribution in [0.25, 0.3) is 0 Å². The van der Waals surface area contributed by atoms with E-state index in [9.17, 15) is 13.6 Å². The number of hydrogen-bond donors (Lipinski definition) is 1. The number of hydrogen-bond acceptors (Lipinski definition) is 3. The van der Waals surface area contributed by atoms with Gasteiger partial charge < -0.3 is 9.84 Å². The van der Waals surface area contributed by atoms with Gasteiger partial charge in [-0.15, -0.1) is 11.6 Å². The van der Waals surface area contributed by atoms with Crippen LogP contribution in [0.2, 0.25) is 0 Å². The summed E-state index contributed by atoms with van der Waals surface area (Å²) in [5.74, 6) is -1.86. The molecule has 88 valence electrons. The molecule has 1 aromatic heterocycles. The molecular weight excluding hydrogens is 244 g/mol. The Hall–Kier alpha value is -1.43. The van der Waals surface area contributed by atoms with Gasteiger partial charge in [-0.2, -0.15) is 0 Å². The maximum absolute atomic E-state index is 12.5. The second-order valence-electron chi connectivity index (χ2n) is 2.82. The summed E-state index contributed by atoms with van der Waals surface area (Å²) in [4.78, 5) is 14.4. The number of pyridine rings is 1. The number of ether oxygens (including phenoxy) is 1. The summed E-state index contributed by atoms with van der Waals surface area (Å²) in [5, 5.41) is 8.78. The number of carboxylic acid groups (broad SMARTS) is 1. The number of alkyl halides is 3. The van der Waals surface area contributed by atoms with Crippen LogP contribution in [0.3, 0.4) is 0 Å². The highest BCUT2D eigenvalue weighted by Crippen LogP contribution is 2.29. The van der Waals surface area contributed by atoms with E-state index < -0.39 is 18.0 Å². The number of carbonyl (C=O) groups is 1. The third-order valence-corrected chi connectivity index (χ3v) is 2.13. The minimum atomic E-state index is -2.86. The maximum Gasteiger partial charge on any atom is 0.337 e. The van der Waals surface area contributed by atoms with Crippen LogP contribution in [0, 0.1) is 0 Å². The Balaban J connectivity index is 3.40. The van der Waals surface area contributed by atoms with E-state index in [4.69, 9.17) is 16.7 Å². The summed E-state index contributed by atoms with van der Waals surface area (Å²) in [6.45, 7) is 0. The minimum Gasteiger partial charge on any atom is -0.481 e. The third-order valence-electron chi connectivity index (χ3n) is 1.88. The fourth-order valence-electron chi connectivity index (χ4n) is 1.15. The van der Waals surface area contributed by atoms with Crippen LogP contribution in [0.4, 0.5) is 8.78 Å². The normalized spacial score (nSPS) is 10.6. The van der Waals surface area contributed by atoms with Crippen LogP contribution >= 0.6 is 11.6 Å². The van der Waals surface area contributed by atoms with Gasteiger partial charge in [0.2, 0.25) is 5.88 Å². The molecular formula is C9H8ClF2NO3. The average molecular weight is 252 g/mol. The molecule has 0 bridgehead atoms. The Labute approximate surface area is 94.8 Å². The van der Waals surface area contributed by atoms with Crippen molar-refractivity contribution < 1.29 is 23.4 Å². The number of nitrogens with zero attached hydrogens (tertiary/aromatic N) is 1. The van der Waals surface area contributed by atoms with Gasteiger partial charge in [-0.3, -0.25) is 0 Å². The maximum atomic E-state index is 12.5. The highest BCUT2D eigenvalue weighted by molar-refractivity contribution is 6.17. The van der Waals surface area contributed by atoms with Crippen molar-refractivity contribution in [2.45, 2.75) is 12.3 Å². The number of aromatic nitrogens is 1. The molecule has 0 spiro atoms. The monoisotopic (exact) mass is 251 g/mol. The molecule has 0 aliphatic carbocycles. The first-order chi connectivity index (χ1) is 7.51. The molecule has 1 rings (SSSR count). The van der Waals surface area contributed by atoms with Gasteiger partial charge in [0.25, 0.3) is 6.43 Å². The summed E-state index contributed by atoms with van der Waals surface area (Å²) in [5.41, 5.74) is -0.907. The molecule has 0 unspecified atom stereocenters. The van der Waals surface area contributed by atoms with Gasteiger partial charge in [0.1, 0.15) is 0 Å². The van der Waals surface area contributed by atoms with E-state index in [1.54, 1.807) is 0 Å². The summed E-state index contributed by atoms with van der Waals surface area (Å²) >= 11 is 5.47. The summed E-state index contributed by atoms with van der Waals surface area (Å²) in [6.07, 6.45) is -2.86. The Morgan fingerprint density at radius 2 is 2.31 bits per heavy atom. The molecule has 1 aromatic rings. The third kappa shape index (κ3) is 2.38. The molecule has 16 heavy (non-hydrogen) atoms. The van der Waals surface area contributed by atoms with Crippen LogP contribution in [0.5, 0.6) is 5.88 Å². The Kier molecular flexibility index (Phi) is 4.00. The minimum absolute atomic E-state index is 0.00424. The van der Waals surface area contributed by atoms with Crippen LogP contribution in [0.15, 0.2) is 6.07 Å². The lowest BCUT2D eigenvalue weighted by atomic mass is 10.1. The molecule has 0 atom stereocenters. The molecule has 0 aliphatic heterocycles. The lowest BCUT2D eigenvalue weighted by Crippen LogP contribution is -2.08. The van der Waals surface area contributed by atoms with Gasteiger partial charge in [-0.05, 0) is 6.07 Å². The topological polar surface area (TPSA) is 59.4 Å². The lowest BCUT2D eigenvalue weighted by molar-refractivity contribution is 0.0694. The van der Waals surface area contributed by atoms with Crippen LogP contribution in [0.1, 0.15) is 28.0 Å². The smallest absolute Gasteiger partial charge is 0.337 e. The Morgan fingerprint density at radius 3 is 2.69 bits per heavy atom. The van der Waals surface area contributed by atoms with Crippen molar-refractivity contribution in [2.24, 2.45) is 0 Å². The van der Waals surface area contributed by atoms with Crippen molar-refractivity contribution in [3.8, 4) is 5.88 Å². The first kappa shape index (κ1) is 12.6. The molecule has 4 nitrogen and oxygen atoms in total. The standard InChI is InChI=1S/C9H8ClF2NO3/c1-16-8-5(7(11)12)2-4(9(14)15)6(3-10)13-8/h2,7H,3H2,1H3,(H,14,15). The Morgan fingerprint density at radius 1 is 1.69 bits per heavy atom. The molecule has 0 saturated heterocycles. The number of halogens is 3. The van der Waals surface area contributed by atoms with Gasteiger partial charge in [-0.25, -0.2) is 18.6 Å². The fraction of sp³-hybridized carbons (Fsp3) is 0.333. The molecule has 0 aliphatic rings. The zero-order chi connectivity index (χ0) is 12.3. The number of methoxy groups -OCH3 is 1. The van der Waals surface area contributed by atoms with Crippen LogP contribution in [-0.2, 0) is 5.88 Å². The van der Waals surface area contributed by atoms with Crippen molar-refractivity contribution in [2.75, 3.05) is 7.11 Å². The molecule has 0 fully saturated rings. The Bertz CT molecular complexity index is 412. The van der Waals surface area contributed by atoms with Gasteiger partial charge in [0.05, 0.1) is 29.8 Å². The summed E-state index contributed by atoms with van der Waals surface area (Å²) < 4.78 is 29.7. The summed E-state index contributed by atoms with van der Waals surface area (Å²) in [6, 6.07) is 0.830. The van der Waals surface area contributed by atoms with E-state index in [0.29, 0.717) is 0 Å². The molecule has 7 heteroatoms. The molecule has 0 radical (unpaired) electrons. The SMILES string of the molecule is COc1nc(CCl)c(C(=O)O)cc1C(F)F. The number of rotatable bonds is 4. The highest BCUT2D eigenvalue weighted by Gasteiger charge is 2.21. The van der Waals surface area contributed by atoms with E-state index in [0.717, 1.165) is 6.07 Å². The van der Waals surface area contributed by atoms with Gasteiger partial charge in [-0.1, -0.05) is 0 Å². The van der Waals surface area contributed by atoms with Crippen molar-refractivity contribution in [3.05, 3.63) is 22.9 Å². The molecule has 1 heterocycles. The molecule has 1 N–H and O–H groups in total. The first-order valence-electron chi connectivity index (χ1n) is 4.16. The predicted octanol–water partition coefficient (Wildman–Crippen LogP) is 2.46. The van der Waals surface area contributed by atoms with Crippen molar-refractivity contribution in [3.63, 3.8) is 0 Å². The van der Waals surface area contributed by atoms with Crippen molar-refractivity contribution in [1.82, 2.24) is 4.98 Å². The van der Waals surface area contributed by atoms with Gasteiger partial charge >= 0.3 is 5.97 Å². The van der Waals surface area contributed by atoms with Crippen LogP contribution in [-0.4, -0.2) is 23.2 Å². The van der Waals surface area contributed by atoms with Gasteiger partial charge in [0, 0.05) is 0 Å². The van der Waals surface area contributed by atoms with Crippen molar-refractivity contribution in [1.29, 1.82) is 0 Å². The first-order valence-corrected chi connectivity index (χ1v) is 4.70. The zero-order valence-electron chi connectivity index (χ0n) is 8.21. The zero-order valence-corrected chi connectivity index (χ0v) is 8.96. The largest absolute Gasteiger partial charge is 0.481 e. The van der Waals surface area contributed by atoms with E-state index in [-0.39, 0.29) is 23.0 Å². The van der Waals surface area contributed by atoms with Gasteiger partial charge in [0.15, 0.2) is 0 Å². The highest BCUT2D eigenvalue weighted by atomic mass is 35.5. The molecule has 0 saturated carbocycles. The predicted molar refractivity (Wildman–Crippen MR) is 52.3 cm³/mol. The quantitative estimate of drug-likeness (QED) is 0.835. The van der Waals surface area contributed by atoms with E-state index in [1.807, 2.05) is 0 Å². The number of aromatic carboxylic acids is 1. The average Bonchev–Trinajstić information content (AvgIpc) is 2.26. The second-order valence-corrected chi connectivity index (χ2v) is 3.09. The van der Waals surface area contributed by atoms with E-state index in [1.165, 1.54) is 7.11 Å².